The van der Waals surface area contributed by atoms with Crippen molar-refractivity contribution in [1.29, 1.82) is 0 Å². The third-order valence-electron chi connectivity index (χ3n) is 5.17. The zero-order valence-corrected chi connectivity index (χ0v) is 17.3. The first-order valence-corrected chi connectivity index (χ1v) is 10.3. The quantitative estimate of drug-likeness (QED) is 0.612. The van der Waals surface area contributed by atoms with Gasteiger partial charge in [0, 0.05) is 31.5 Å². The Labute approximate surface area is 180 Å². The Balaban J connectivity index is 1.47. The topological polar surface area (TPSA) is 102 Å². The van der Waals surface area contributed by atoms with Crippen LogP contribution in [0.4, 0.5) is 11.5 Å². The van der Waals surface area contributed by atoms with Gasteiger partial charge in [0.05, 0.1) is 23.8 Å². The van der Waals surface area contributed by atoms with Crippen molar-refractivity contribution in [2.24, 2.45) is 5.92 Å². The van der Waals surface area contributed by atoms with Crippen LogP contribution in [-0.4, -0.2) is 51.3 Å². The van der Waals surface area contributed by atoms with Crippen LogP contribution in [-0.2, 0) is 9.53 Å². The zero-order chi connectivity index (χ0) is 21.6. The molecule has 1 fully saturated rings. The first-order valence-electron chi connectivity index (χ1n) is 10.3. The highest BCUT2D eigenvalue weighted by Crippen LogP contribution is 2.25. The molecule has 1 atom stereocenters. The summed E-state index contributed by atoms with van der Waals surface area (Å²) in [6.07, 6.45) is 6.64. The first kappa shape index (κ1) is 20.5. The molecule has 1 N–H and O–H groups in total. The minimum Gasteiger partial charge on any atom is -0.462 e. The predicted octanol–water partition coefficient (Wildman–Crippen LogP) is 2.69. The number of piperidine rings is 1. The molecule has 31 heavy (non-hydrogen) atoms. The van der Waals surface area contributed by atoms with E-state index in [1.54, 1.807) is 42.1 Å². The smallest absolute Gasteiger partial charge is 0.340 e. The molecule has 9 nitrogen and oxygen atoms in total. The number of carbonyl (C=O) groups is 2. The molecule has 3 heterocycles. The minimum absolute atomic E-state index is 0.122. The number of nitrogens with one attached hydrogen (secondary N) is 1. The van der Waals surface area contributed by atoms with E-state index in [1.807, 2.05) is 18.3 Å². The minimum atomic E-state index is -0.448. The number of hydrogen-bond donors (Lipinski definition) is 1. The van der Waals surface area contributed by atoms with Crippen LogP contribution in [0, 0.1) is 5.92 Å². The second-order valence-electron chi connectivity index (χ2n) is 7.23. The zero-order valence-electron chi connectivity index (χ0n) is 17.3. The number of esters is 1. The predicted molar refractivity (Wildman–Crippen MR) is 115 cm³/mol. The van der Waals surface area contributed by atoms with E-state index in [9.17, 15) is 9.59 Å². The molecule has 0 spiro atoms. The summed E-state index contributed by atoms with van der Waals surface area (Å²) >= 11 is 0. The van der Waals surface area contributed by atoms with Crippen molar-refractivity contribution in [3.8, 4) is 5.82 Å². The SMILES string of the molecule is CCOC(=O)c1ccccc1NC(=O)[C@H]1CCCN(c2cc(-n3cccn3)ncn2)C1. The molecule has 3 aromatic rings. The maximum atomic E-state index is 13.0. The second kappa shape index (κ2) is 9.38. The Morgan fingerprint density at radius 2 is 2.03 bits per heavy atom. The van der Waals surface area contributed by atoms with E-state index >= 15 is 0 Å². The highest BCUT2D eigenvalue weighted by molar-refractivity contribution is 6.02. The monoisotopic (exact) mass is 420 g/mol. The summed E-state index contributed by atoms with van der Waals surface area (Å²) in [5, 5.41) is 7.12. The molecule has 9 heteroatoms. The number of aromatic nitrogens is 4. The van der Waals surface area contributed by atoms with Gasteiger partial charge in [-0.05, 0) is 38.0 Å². The molecule has 4 rings (SSSR count). The van der Waals surface area contributed by atoms with E-state index in [0.29, 0.717) is 23.6 Å². The first-order chi connectivity index (χ1) is 15.2. The fourth-order valence-electron chi connectivity index (χ4n) is 3.65. The molecule has 1 aliphatic rings. The summed E-state index contributed by atoms with van der Waals surface area (Å²) in [4.78, 5) is 35.9. The van der Waals surface area contributed by atoms with E-state index in [1.165, 1.54) is 6.33 Å². The van der Waals surface area contributed by atoms with Crippen molar-refractivity contribution in [1.82, 2.24) is 19.7 Å². The van der Waals surface area contributed by atoms with Gasteiger partial charge in [-0.25, -0.2) is 19.4 Å². The lowest BCUT2D eigenvalue weighted by atomic mass is 9.96. The third kappa shape index (κ3) is 4.71. The Bertz CT molecular complexity index is 1050. The summed E-state index contributed by atoms with van der Waals surface area (Å²) < 4.78 is 6.76. The van der Waals surface area contributed by atoms with Gasteiger partial charge >= 0.3 is 5.97 Å². The Morgan fingerprint density at radius 3 is 2.84 bits per heavy atom. The van der Waals surface area contributed by atoms with Crippen molar-refractivity contribution >= 4 is 23.4 Å². The number of para-hydroxylation sites is 1. The standard InChI is InChI=1S/C22H24N6O3/c1-2-31-22(30)17-8-3-4-9-18(17)26-21(29)16-7-5-11-27(14-16)19-13-20(24-15-23-19)28-12-6-10-25-28/h3-4,6,8-10,12-13,15-16H,2,5,7,11,14H2,1H3,(H,26,29)/t16-/m0/s1. The molecule has 0 saturated carbocycles. The highest BCUT2D eigenvalue weighted by atomic mass is 16.5. The lowest BCUT2D eigenvalue weighted by molar-refractivity contribution is -0.120. The van der Waals surface area contributed by atoms with Crippen LogP contribution in [0.15, 0.2) is 55.1 Å². The van der Waals surface area contributed by atoms with Gasteiger partial charge in [-0.15, -0.1) is 0 Å². The van der Waals surface area contributed by atoms with Gasteiger partial charge in [-0.2, -0.15) is 5.10 Å². The van der Waals surface area contributed by atoms with Gasteiger partial charge in [0.1, 0.15) is 12.1 Å². The van der Waals surface area contributed by atoms with Gasteiger partial charge in [0.25, 0.3) is 0 Å². The van der Waals surface area contributed by atoms with Crippen LogP contribution in [0.25, 0.3) is 5.82 Å². The molecule has 0 bridgehead atoms. The van der Waals surface area contributed by atoms with Crippen LogP contribution >= 0.6 is 0 Å². The molecule has 2 aromatic heterocycles. The molecular formula is C22H24N6O3. The van der Waals surface area contributed by atoms with Crippen molar-refractivity contribution in [3.05, 3.63) is 60.7 Å². The molecule has 0 unspecified atom stereocenters. The number of nitrogens with zero attached hydrogens (tertiary/aromatic N) is 5. The number of amides is 1. The number of anilines is 2. The molecule has 0 aliphatic carbocycles. The molecular weight excluding hydrogens is 396 g/mol. The second-order valence-corrected chi connectivity index (χ2v) is 7.23. The average Bonchev–Trinajstić information content (AvgIpc) is 3.35. The summed E-state index contributed by atoms with van der Waals surface area (Å²) in [7, 11) is 0. The number of rotatable bonds is 6. The largest absolute Gasteiger partial charge is 0.462 e. The fourth-order valence-corrected chi connectivity index (χ4v) is 3.65. The van der Waals surface area contributed by atoms with Crippen molar-refractivity contribution < 1.29 is 14.3 Å². The highest BCUT2D eigenvalue weighted by Gasteiger charge is 2.28. The van der Waals surface area contributed by atoms with E-state index in [4.69, 9.17) is 4.74 Å². The van der Waals surface area contributed by atoms with Gasteiger partial charge in [0.15, 0.2) is 5.82 Å². The fraction of sp³-hybridized carbons (Fsp3) is 0.318. The van der Waals surface area contributed by atoms with Crippen molar-refractivity contribution in [3.63, 3.8) is 0 Å². The molecule has 1 aliphatic heterocycles. The van der Waals surface area contributed by atoms with Crippen molar-refractivity contribution in [2.45, 2.75) is 19.8 Å². The number of hydrogen-bond acceptors (Lipinski definition) is 7. The Kier molecular flexibility index (Phi) is 6.21. The van der Waals surface area contributed by atoms with Crippen LogP contribution in [0.5, 0.6) is 0 Å². The van der Waals surface area contributed by atoms with E-state index in [-0.39, 0.29) is 18.4 Å². The van der Waals surface area contributed by atoms with Crippen LogP contribution in [0.3, 0.4) is 0 Å². The van der Waals surface area contributed by atoms with E-state index in [2.05, 4.69) is 25.3 Å². The summed E-state index contributed by atoms with van der Waals surface area (Å²) in [5.74, 6) is 0.626. The molecule has 1 amide bonds. The summed E-state index contributed by atoms with van der Waals surface area (Å²) in [6, 6.07) is 10.6. The molecule has 0 radical (unpaired) electrons. The van der Waals surface area contributed by atoms with Crippen LogP contribution in [0.1, 0.15) is 30.1 Å². The van der Waals surface area contributed by atoms with Gasteiger partial charge < -0.3 is 15.0 Å². The van der Waals surface area contributed by atoms with Crippen LogP contribution < -0.4 is 10.2 Å². The normalized spacial score (nSPS) is 16.0. The maximum Gasteiger partial charge on any atom is 0.340 e. The summed E-state index contributed by atoms with van der Waals surface area (Å²) in [6.45, 7) is 3.36. The van der Waals surface area contributed by atoms with Crippen molar-refractivity contribution in [2.75, 3.05) is 29.9 Å². The van der Waals surface area contributed by atoms with Gasteiger partial charge in [0.2, 0.25) is 5.91 Å². The average molecular weight is 420 g/mol. The summed E-state index contributed by atoms with van der Waals surface area (Å²) in [5.41, 5.74) is 0.816. The third-order valence-corrected chi connectivity index (χ3v) is 5.17. The van der Waals surface area contributed by atoms with E-state index in [0.717, 1.165) is 25.2 Å². The maximum absolute atomic E-state index is 13.0. The lowest BCUT2D eigenvalue weighted by Crippen LogP contribution is -2.41. The number of benzene rings is 1. The molecule has 1 saturated heterocycles. The Morgan fingerprint density at radius 1 is 1.19 bits per heavy atom. The number of ether oxygens (including phenoxy) is 1. The van der Waals surface area contributed by atoms with Gasteiger partial charge in [-0.1, -0.05) is 12.1 Å². The molecule has 1 aromatic carbocycles. The van der Waals surface area contributed by atoms with Crippen LogP contribution in [0.2, 0.25) is 0 Å². The number of carbonyl (C=O) groups excluding carboxylic acids is 2. The Hall–Kier alpha value is -3.75. The van der Waals surface area contributed by atoms with Gasteiger partial charge in [-0.3, -0.25) is 4.79 Å². The molecule has 160 valence electrons. The lowest BCUT2D eigenvalue weighted by Gasteiger charge is -2.33. The van der Waals surface area contributed by atoms with E-state index < -0.39 is 5.97 Å².